The van der Waals surface area contributed by atoms with Crippen molar-refractivity contribution in [2.24, 2.45) is 0 Å². The van der Waals surface area contributed by atoms with Gasteiger partial charge in [0.2, 0.25) is 0 Å². The average Bonchev–Trinajstić information content (AvgIpc) is 3.03. The van der Waals surface area contributed by atoms with Gasteiger partial charge in [-0.2, -0.15) is 0 Å². The fraction of sp³-hybridized carbons (Fsp3) is 0.133. The zero-order chi connectivity index (χ0) is 14.9. The van der Waals surface area contributed by atoms with E-state index in [4.69, 9.17) is 9.15 Å². The third-order valence-electron chi connectivity index (χ3n) is 2.48. The molecule has 21 heavy (non-hydrogen) atoms. The normalized spacial score (nSPS) is 10.5. The summed E-state index contributed by atoms with van der Waals surface area (Å²) in [6.07, 6.45) is 7.34. The van der Waals surface area contributed by atoms with Gasteiger partial charge in [-0.25, -0.2) is 4.79 Å². The van der Waals surface area contributed by atoms with Crippen LogP contribution in [0.1, 0.15) is 16.1 Å². The first kappa shape index (κ1) is 14.5. The molecule has 0 aliphatic rings. The van der Waals surface area contributed by atoms with Gasteiger partial charge in [0.15, 0.2) is 0 Å². The molecule has 6 heteroatoms. The van der Waals surface area contributed by atoms with Crippen molar-refractivity contribution >= 4 is 18.0 Å². The standard InChI is InChI=1S/C15H14N2O4/c18-14(6-5-13-4-2-9-20-13)21-10-8-17-15(19)12-3-1-7-16-11-12/h1-7,9,11H,8,10H2,(H,17,19)/b6-5+. The molecule has 2 aromatic rings. The first-order valence-corrected chi connectivity index (χ1v) is 6.32. The summed E-state index contributed by atoms with van der Waals surface area (Å²) in [4.78, 5) is 26.9. The van der Waals surface area contributed by atoms with Crippen molar-refractivity contribution in [3.63, 3.8) is 0 Å². The molecule has 0 saturated carbocycles. The van der Waals surface area contributed by atoms with Crippen LogP contribution in [0, 0.1) is 0 Å². The number of pyridine rings is 1. The number of hydrogen-bond acceptors (Lipinski definition) is 5. The van der Waals surface area contributed by atoms with Gasteiger partial charge in [-0.1, -0.05) is 0 Å². The van der Waals surface area contributed by atoms with Crippen molar-refractivity contribution in [1.82, 2.24) is 10.3 Å². The van der Waals surface area contributed by atoms with Gasteiger partial charge >= 0.3 is 5.97 Å². The van der Waals surface area contributed by atoms with Crippen molar-refractivity contribution in [2.45, 2.75) is 0 Å². The zero-order valence-electron chi connectivity index (χ0n) is 11.2. The highest BCUT2D eigenvalue weighted by Crippen LogP contribution is 2.02. The molecule has 0 bridgehead atoms. The molecule has 0 aliphatic carbocycles. The number of aromatic nitrogens is 1. The van der Waals surface area contributed by atoms with Crippen LogP contribution in [0.15, 0.2) is 53.4 Å². The van der Waals surface area contributed by atoms with Gasteiger partial charge < -0.3 is 14.5 Å². The number of nitrogens with zero attached hydrogens (tertiary/aromatic N) is 1. The van der Waals surface area contributed by atoms with Crippen LogP contribution in [0.4, 0.5) is 0 Å². The monoisotopic (exact) mass is 286 g/mol. The maximum absolute atomic E-state index is 11.7. The smallest absolute Gasteiger partial charge is 0.330 e. The molecular weight excluding hydrogens is 272 g/mol. The SMILES string of the molecule is O=C(/C=C/c1ccco1)OCCNC(=O)c1cccnc1. The van der Waals surface area contributed by atoms with Gasteiger partial charge in [-0.05, 0) is 30.3 Å². The predicted octanol–water partition coefficient (Wildman–Crippen LogP) is 1.66. The number of hydrogen-bond donors (Lipinski definition) is 1. The fourth-order valence-electron chi connectivity index (χ4n) is 1.50. The van der Waals surface area contributed by atoms with Gasteiger partial charge in [0.1, 0.15) is 12.4 Å². The van der Waals surface area contributed by atoms with E-state index in [1.807, 2.05) is 0 Å². The highest BCUT2D eigenvalue weighted by molar-refractivity contribution is 5.93. The number of nitrogens with one attached hydrogen (secondary N) is 1. The van der Waals surface area contributed by atoms with Crippen molar-refractivity contribution in [2.75, 3.05) is 13.2 Å². The second-order valence-corrected chi connectivity index (χ2v) is 4.01. The molecule has 0 fully saturated rings. The molecule has 0 unspecified atom stereocenters. The Bertz CT molecular complexity index is 606. The van der Waals surface area contributed by atoms with E-state index in [0.29, 0.717) is 11.3 Å². The molecule has 0 spiro atoms. The van der Waals surface area contributed by atoms with Crippen LogP contribution < -0.4 is 5.32 Å². The first-order chi connectivity index (χ1) is 10.3. The van der Waals surface area contributed by atoms with E-state index in [1.54, 1.807) is 30.5 Å². The van der Waals surface area contributed by atoms with Crippen LogP contribution >= 0.6 is 0 Å². The van der Waals surface area contributed by atoms with E-state index in [2.05, 4.69) is 10.3 Å². The molecule has 0 aromatic carbocycles. The van der Waals surface area contributed by atoms with Gasteiger partial charge in [-0.3, -0.25) is 9.78 Å². The van der Waals surface area contributed by atoms with E-state index in [0.717, 1.165) is 0 Å². The van der Waals surface area contributed by atoms with Crippen LogP contribution in [0.2, 0.25) is 0 Å². The Morgan fingerprint density at radius 3 is 2.95 bits per heavy atom. The predicted molar refractivity (Wildman–Crippen MR) is 75.3 cm³/mol. The van der Waals surface area contributed by atoms with Crippen LogP contribution in [0.5, 0.6) is 0 Å². The summed E-state index contributed by atoms with van der Waals surface area (Å²) < 4.78 is 9.96. The van der Waals surface area contributed by atoms with Gasteiger partial charge in [0.05, 0.1) is 18.4 Å². The number of furan rings is 1. The van der Waals surface area contributed by atoms with E-state index in [1.165, 1.54) is 24.6 Å². The highest BCUT2D eigenvalue weighted by atomic mass is 16.5. The minimum absolute atomic E-state index is 0.0906. The fourth-order valence-corrected chi connectivity index (χ4v) is 1.50. The van der Waals surface area contributed by atoms with Crippen LogP contribution in [-0.4, -0.2) is 30.0 Å². The second kappa shape index (κ2) is 7.64. The van der Waals surface area contributed by atoms with Gasteiger partial charge in [0.25, 0.3) is 5.91 Å². The Labute approximate surface area is 121 Å². The molecule has 0 saturated heterocycles. The van der Waals surface area contributed by atoms with Crippen molar-refractivity contribution < 1.29 is 18.7 Å². The van der Waals surface area contributed by atoms with Crippen molar-refractivity contribution in [3.05, 3.63) is 60.3 Å². The molecule has 1 N–H and O–H groups in total. The summed E-state index contributed by atoms with van der Waals surface area (Å²) in [6.45, 7) is 0.321. The highest BCUT2D eigenvalue weighted by Gasteiger charge is 2.04. The lowest BCUT2D eigenvalue weighted by Gasteiger charge is -2.04. The summed E-state index contributed by atoms with van der Waals surface area (Å²) >= 11 is 0. The quantitative estimate of drug-likeness (QED) is 0.496. The Morgan fingerprint density at radius 2 is 2.24 bits per heavy atom. The zero-order valence-corrected chi connectivity index (χ0v) is 11.2. The molecule has 1 amide bonds. The summed E-state index contributed by atoms with van der Waals surface area (Å²) in [6, 6.07) is 6.77. The molecule has 2 aromatic heterocycles. The average molecular weight is 286 g/mol. The second-order valence-electron chi connectivity index (χ2n) is 4.01. The number of carbonyl (C=O) groups is 2. The Hall–Kier alpha value is -2.89. The lowest BCUT2D eigenvalue weighted by atomic mass is 10.3. The van der Waals surface area contributed by atoms with E-state index >= 15 is 0 Å². The van der Waals surface area contributed by atoms with Gasteiger partial charge in [0, 0.05) is 18.5 Å². The van der Waals surface area contributed by atoms with E-state index in [-0.39, 0.29) is 19.1 Å². The number of esters is 1. The van der Waals surface area contributed by atoms with E-state index < -0.39 is 5.97 Å². The molecule has 6 nitrogen and oxygen atoms in total. The summed E-state index contributed by atoms with van der Waals surface area (Å²) in [5, 5.41) is 2.63. The summed E-state index contributed by atoms with van der Waals surface area (Å²) in [5.41, 5.74) is 0.460. The van der Waals surface area contributed by atoms with Crippen molar-refractivity contribution in [1.29, 1.82) is 0 Å². The van der Waals surface area contributed by atoms with Crippen molar-refractivity contribution in [3.8, 4) is 0 Å². The third kappa shape index (κ3) is 4.94. The van der Waals surface area contributed by atoms with Crippen LogP contribution in [0.3, 0.4) is 0 Å². The maximum atomic E-state index is 11.7. The minimum Gasteiger partial charge on any atom is -0.465 e. The molecule has 0 atom stereocenters. The maximum Gasteiger partial charge on any atom is 0.330 e. The first-order valence-electron chi connectivity index (χ1n) is 6.32. The Morgan fingerprint density at radius 1 is 1.33 bits per heavy atom. The van der Waals surface area contributed by atoms with Crippen LogP contribution in [0.25, 0.3) is 6.08 Å². The third-order valence-corrected chi connectivity index (χ3v) is 2.48. The molecule has 2 rings (SSSR count). The minimum atomic E-state index is -0.498. The summed E-state index contributed by atoms with van der Waals surface area (Å²) in [7, 11) is 0. The molecule has 2 heterocycles. The number of rotatable bonds is 6. The Kier molecular flexibility index (Phi) is 5.28. The summed E-state index contributed by atoms with van der Waals surface area (Å²) in [5.74, 6) is -0.191. The Balaban J connectivity index is 1.65. The van der Waals surface area contributed by atoms with E-state index in [9.17, 15) is 9.59 Å². The lowest BCUT2D eigenvalue weighted by Crippen LogP contribution is -2.27. The largest absolute Gasteiger partial charge is 0.465 e. The molecule has 0 aliphatic heterocycles. The molecular formula is C15H14N2O4. The molecule has 0 radical (unpaired) electrons. The number of ether oxygens (including phenoxy) is 1. The lowest BCUT2D eigenvalue weighted by molar-refractivity contribution is -0.137. The number of amides is 1. The molecule has 108 valence electrons. The topological polar surface area (TPSA) is 81.4 Å². The number of carbonyl (C=O) groups excluding carboxylic acids is 2. The van der Waals surface area contributed by atoms with Gasteiger partial charge in [-0.15, -0.1) is 0 Å². The van der Waals surface area contributed by atoms with Crippen LogP contribution in [-0.2, 0) is 9.53 Å².